The van der Waals surface area contributed by atoms with Crippen molar-refractivity contribution in [3.05, 3.63) is 72.8 Å². The van der Waals surface area contributed by atoms with Gasteiger partial charge in [0.25, 0.3) is 5.91 Å². The number of carbonyl (C=O) groups is 2. The second kappa shape index (κ2) is 7.74. The fourth-order valence-corrected chi connectivity index (χ4v) is 3.10. The molecule has 2 aromatic carbocycles. The molecule has 3 aromatic rings. The summed E-state index contributed by atoms with van der Waals surface area (Å²) in [7, 11) is 0. The predicted molar refractivity (Wildman–Crippen MR) is 106 cm³/mol. The molecule has 1 unspecified atom stereocenters. The third-order valence-electron chi connectivity index (χ3n) is 4.58. The van der Waals surface area contributed by atoms with Gasteiger partial charge in [-0.2, -0.15) is 5.10 Å². The van der Waals surface area contributed by atoms with Crippen molar-refractivity contribution >= 4 is 28.9 Å². The number of rotatable bonds is 5. The number of primary amides is 1. The number of amides is 2. The molecule has 4 rings (SSSR count). The van der Waals surface area contributed by atoms with Crippen molar-refractivity contribution in [2.24, 2.45) is 10.8 Å². The molecule has 0 fully saturated rings. The van der Waals surface area contributed by atoms with Gasteiger partial charge in [-0.1, -0.05) is 0 Å². The van der Waals surface area contributed by atoms with Crippen molar-refractivity contribution in [2.75, 3.05) is 10.3 Å². The van der Waals surface area contributed by atoms with Crippen molar-refractivity contribution in [1.82, 2.24) is 9.55 Å². The summed E-state index contributed by atoms with van der Waals surface area (Å²) < 4.78 is 29.1. The molecule has 152 valence electrons. The third-order valence-corrected chi connectivity index (χ3v) is 4.58. The number of aromatic nitrogens is 2. The Morgan fingerprint density at radius 2 is 1.90 bits per heavy atom. The highest BCUT2D eigenvalue weighted by atomic mass is 19.1. The third kappa shape index (κ3) is 3.75. The van der Waals surface area contributed by atoms with Crippen LogP contribution in [0.2, 0.25) is 0 Å². The first-order chi connectivity index (χ1) is 14.4. The first kappa shape index (κ1) is 19.2. The molecule has 2 amide bonds. The Bertz CT molecular complexity index is 1130. The lowest BCUT2D eigenvalue weighted by Crippen LogP contribution is -2.39. The topological polar surface area (TPSA) is 106 Å². The minimum absolute atomic E-state index is 0.0336. The first-order valence-corrected chi connectivity index (χ1v) is 8.93. The summed E-state index contributed by atoms with van der Waals surface area (Å²) in [5, 5.41) is 8.02. The predicted octanol–water partition coefficient (Wildman–Crippen LogP) is 2.21. The number of carbonyl (C=O) groups excluding carboxylic acids is 2. The van der Waals surface area contributed by atoms with Gasteiger partial charge < -0.3 is 15.6 Å². The van der Waals surface area contributed by atoms with E-state index in [2.05, 4.69) is 15.4 Å². The Balaban J connectivity index is 1.54. The molecule has 0 bridgehead atoms. The fourth-order valence-electron chi connectivity index (χ4n) is 3.10. The van der Waals surface area contributed by atoms with Crippen LogP contribution < -0.4 is 16.1 Å². The van der Waals surface area contributed by atoms with Gasteiger partial charge in [-0.3, -0.25) is 14.6 Å². The van der Waals surface area contributed by atoms with Gasteiger partial charge in [-0.15, -0.1) is 0 Å². The number of anilines is 2. The highest BCUT2D eigenvalue weighted by Crippen LogP contribution is 2.25. The zero-order valence-corrected chi connectivity index (χ0v) is 15.5. The van der Waals surface area contributed by atoms with Crippen LogP contribution >= 0.6 is 0 Å². The lowest BCUT2D eigenvalue weighted by molar-refractivity contribution is -0.119. The normalized spacial score (nSPS) is 15.7. The maximum absolute atomic E-state index is 14.4. The molecule has 8 nitrogen and oxygen atoms in total. The van der Waals surface area contributed by atoms with Crippen molar-refractivity contribution in [1.29, 1.82) is 0 Å². The molecule has 1 aliphatic rings. The number of halogens is 2. The van der Waals surface area contributed by atoms with Gasteiger partial charge in [-0.05, 0) is 42.5 Å². The molecule has 0 spiro atoms. The lowest BCUT2D eigenvalue weighted by atomic mass is 10.1. The van der Waals surface area contributed by atoms with Crippen molar-refractivity contribution in [2.45, 2.75) is 12.5 Å². The number of imidazole rings is 1. The van der Waals surface area contributed by atoms with Crippen molar-refractivity contribution in [3.63, 3.8) is 0 Å². The highest BCUT2D eigenvalue weighted by Gasteiger charge is 2.35. The molecular weight excluding hydrogens is 394 g/mol. The quantitative estimate of drug-likeness (QED) is 0.673. The van der Waals surface area contributed by atoms with E-state index in [-0.39, 0.29) is 23.5 Å². The largest absolute Gasteiger partial charge is 0.368 e. The van der Waals surface area contributed by atoms with E-state index in [0.29, 0.717) is 5.69 Å². The summed E-state index contributed by atoms with van der Waals surface area (Å²) in [5.74, 6) is -2.28. The number of benzene rings is 2. The fraction of sp³-hybridized carbons (Fsp3) is 0.100. The molecule has 0 saturated heterocycles. The average molecular weight is 410 g/mol. The second-order valence-corrected chi connectivity index (χ2v) is 6.58. The van der Waals surface area contributed by atoms with E-state index in [1.807, 2.05) is 0 Å². The maximum atomic E-state index is 14.4. The number of hydrogen-bond donors (Lipinski definition) is 2. The monoisotopic (exact) mass is 410 g/mol. The SMILES string of the molecule is NC(=O)C1CC(C(=O)Nc2ccc(-n3ccnc3)c(F)c2)=NN1c1ccc(F)cc1. The molecule has 30 heavy (non-hydrogen) atoms. The van der Waals surface area contributed by atoms with Gasteiger partial charge in [0.1, 0.15) is 23.4 Å². The van der Waals surface area contributed by atoms with Crippen LogP contribution in [0.5, 0.6) is 0 Å². The molecule has 3 N–H and O–H groups in total. The summed E-state index contributed by atoms with van der Waals surface area (Å²) in [5.41, 5.74) is 6.40. The zero-order chi connectivity index (χ0) is 21.3. The number of nitrogens with two attached hydrogens (primary N) is 1. The Morgan fingerprint density at radius 3 is 2.53 bits per heavy atom. The van der Waals surface area contributed by atoms with E-state index < -0.39 is 29.5 Å². The van der Waals surface area contributed by atoms with Crippen LogP contribution in [-0.4, -0.2) is 33.1 Å². The molecule has 1 atom stereocenters. The zero-order valence-electron chi connectivity index (χ0n) is 15.5. The summed E-state index contributed by atoms with van der Waals surface area (Å²) in [6, 6.07) is 8.61. The van der Waals surface area contributed by atoms with Crippen LogP contribution in [0.15, 0.2) is 66.3 Å². The summed E-state index contributed by atoms with van der Waals surface area (Å²) in [4.78, 5) is 28.3. The van der Waals surface area contributed by atoms with Crippen LogP contribution in [0.4, 0.5) is 20.2 Å². The molecule has 10 heteroatoms. The molecule has 0 radical (unpaired) electrons. The lowest BCUT2D eigenvalue weighted by Gasteiger charge is -2.20. The van der Waals surface area contributed by atoms with Crippen LogP contribution in [0.25, 0.3) is 5.69 Å². The van der Waals surface area contributed by atoms with E-state index in [4.69, 9.17) is 5.73 Å². The van der Waals surface area contributed by atoms with Crippen LogP contribution in [0.3, 0.4) is 0 Å². The minimum Gasteiger partial charge on any atom is -0.368 e. The van der Waals surface area contributed by atoms with Gasteiger partial charge in [-0.25, -0.2) is 13.8 Å². The van der Waals surface area contributed by atoms with E-state index in [1.54, 1.807) is 6.20 Å². The number of hydrazone groups is 1. The smallest absolute Gasteiger partial charge is 0.271 e. The average Bonchev–Trinajstić information content (AvgIpc) is 3.39. The van der Waals surface area contributed by atoms with Crippen LogP contribution in [0.1, 0.15) is 6.42 Å². The second-order valence-electron chi connectivity index (χ2n) is 6.58. The van der Waals surface area contributed by atoms with Gasteiger partial charge in [0.05, 0.1) is 17.7 Å². The van der Waals surface area contributed by atoms with Crippen molar-refractivity contribution < 1.29 is 18.4 Å². The van der Waals surface area contributed by atoms with E-state index in [0.717, 1.165) is 0 Å². The molecule has 2 heterocycles. The molecular formula is C20H16F2N6O2. The van der Waals surface area contributed by atoms with E-state index >= 15 is 0 Å². The Morgan fingerprint density at radius 1 is 1.13 bits per heavy atom. The maximum Gasteiger partial charge on any atom is 0.271 e. The Labute approximate surface area is 169 Å². The van der Waals surface area contributed by atoms with E-state index in [1.165, 1.54) is 64.6 Å². The summed E-state index contributed by atoms with van der Waals surface area (Å²) in [6.07, 6.45) is 4.54. The number of nitrogens with zero attached hydrogens (tertiary/aromatic N) is 4. The summed E-state index contributed by atoms with van der Waals surface area (Å²) in [6.45, 7) is 0. The van der Waals surface area contributed by atoms with Gasteiger partial charge >= 0.3 is 0 Å². The van der Waals surface area contributed by atoms with Crippen molar-refractivity contribution in [3.8, 4) is 5.69 Å². The molecule has 1 aromatic heterocycles. The Kier molecular flexibility index (Phi) is 4.97. The minimum atomic E-state index is -0.892. The van der Waals surface area contributed by atoms with Crippen LogP contribution in [-0.2, 0) is 9.59 Å². The van der Waals surface area contributed by atoms with Gasteiger partial charge in [0.2, 0.25) is 5.91 Å². The highest BCUT2D eigenvalue weighted by molar-refractivity contribution is 6.44. The standard InChI is InChI=1S/C20H16F2N6O2/c21-12-1-4-14(5-2-12)28-18(19(23)29)10-16(26-28)20(30)25-13-3-6-17(15(22)9-13)27-8-7-24-11-27/h1-9,11,18H,10H2,(H2,23,29)(H,25,30). The van der Waals surface area contributed by atoms with E-state index in [9.17, 15) is 18.4 Å². The molecule has 1 aliphatic heterocycles. The van der Waals surface area contributed by atoms with Gasteiger partial charge in [0.15, 0.2) is 0 Å². The number of nitrogens with one attached hydrogen (secondary N) is 1. The van der Waals surface area contributed by atoms with Crippen LogP contribution in [0, 0.1) is 11.6 Å². The molecule has 0 saturated carbocycles. The summed E-state index contributed by atoms with van der Waals surface area (Å²) >= 11 is 0. The Hall–Kier alpha value is -4.08. The molecule has 0 aliphatic carbocycles. The van der Waals surface area contributed by atoms with Gasteiger partial charge in [0, 0.05) is 24.5 Å². The number of hydrogen-bond acceptors (Lipinski definition) is 5. The first-order valence-electron chi connectivity index (χ1n) is 8.93.